The number of hydrogen-bond donors (Lipinski definition) is 2. The number of fused-ring (bicyclic) bond motifs is 1. The number of phenols is 1. The van der Waals surface area contributed by atoms with E-state index < -0.39 is 7.29 Å². The van der Waals surface area contributed by atoms with Crippen molar-refractivity contribution < 1.29 is 14.4 Å². The van der Waals surface area contributed by atoms with E-state index in [2.05, 4.69) is 10.3 Å². The van der Waals surface area contributed by atoms with E-state index in [1.807, 2.05) is 91.0 Å². The lowest BCUT2D eigenvalue weighted by Gasteiger charge is -2.22. The molecule has 5 nitrogen and oxygen atoms in total. The summed E-state index contributed by atoms with van der Waals surface area (Å²) in [5.74, 6) is 4.25. The van der Waals surface area contributed by atoms with Crippen LogP contribution in [0.5, 0.6) is 5.75 Å². The smallest absolute Gasteiger partial charge is 0.235 e. The molecule has 0 aliphatic carbocycles. The number of nitrogens with one attached hydrogen (secondary N) is 1. The summed E-state index contributed by atoms with van der Waals surface area (Å²) in [7, 11) is -3.25. The number of hydrogen-bond acceptors (Lipinski definition) is 4. The van der Waals surface area contributed by atoms with E-state index in [0.717, 1.165) is 21.9 Å². The standard InChI is InChI=1S/C27H21N2O3P/c30-25-16-15-20-9-7-8-14-23(20)24(25)17-28-29-33(31)18-26(21-10-3-1-4-11-21)32-27(19-33)22-12-5-2-6-13-22/h1-19,30H,(H,29,31). The van der Waals surface area contributed by atoms with Gasteiger partial charge in [-0.25, -0.2) is 0 Å². The molecule has 6 heteroatoms. The molecule has 0 spiro atoms. The number of ether oxygens (including phenoxy) is 1. The van der Waals surface area contributed by atoms with E-state index in [1.54, 1.807) is 17.7 Å². The maximum atomic E-state index is 13.8. The van der Waals surface area contributed by atoms with Crippen LogP contribution in [-0.4, -0.2) is 11.3 Å². The molecule has 2 N–H and O–H groups in total. The molecule has 5 rings (SSSR count). The van der Waals surface area contributed by atoms with Crippen molar-refractivity contribution >= 4 is 35.8 Å². The van der Waals surface area contributed by atoms with E-state index in [1.165, 1.54) is 6.21 Å². The van der Waals surface area contributed by atoms with Gasteiger partial charge in [-0.3, -0.25) is 9.76 Å². The minimum Gasteiger partial charge on any atom is -0.507 e. The van der Waals surface area contributed by atoms with Crippen LogP contribution in [0.3, 0.4) is 0 Å². The minimum absolute atomic E-state index is 0.102. The number of hydrazone groups is 1. The quantitative estimate of drug-likeness (QED) is 0.199. The molecule has 0 atom stereocenters. The van der Waals surface area contributed by atoms with Gasteiger partial charge in [0.2, 0.25) is 7.29 Å². The Bertz CT molecular complexity index is 1380. The summed E-state index contributed by atoms with van der Waals surface area (Å²) in [6.07, 6.45) is 1.50. The van der Waals surface area contributed by atoms with E-state index >= 15 is 0 Å². The van der Waals surface area contributed by atoms with E-state index in [4.69, 9.17) is 4.74 Å². The van der Waals surface area contributed by atoms with Crippen molar-refractivity contribution in [1.29, 1.82) is 0 Å². The van der Waals surface area contributed by atoms with Crippen LogP contribution in [0.15, 0.2) is 114 Å². The van der Waals surface area contributed by atoms with Crippen LogP contribution in [0.2, 0.25) is 0 Å². The van der Waals surface area contributed by atoms with E-state index in [0.29, 0.717) is 17.1 Å². The summed E-state index contributed by atoms with van der Waals surface area (Å²) in [6, 6.07) is 30.2. The Morgan fingerprint density at radius 3 is 1.97 bits per heavy atom. The van der Waals surface area contributed by atoms with Gasteiger partial charge in [-0.05, 0) is 16.8 Å². The highest BCUT2D eigenvalue weighted by Gasteiger charge is 2.26. The second kappa shape index (κ2) is 8.81. The highest BCUT2D eigenvalue weighted by molar-refractivity contribution is 7.68. The summed E-state index contributed by atoms with van der Waals surface area (Å²) in [5, 5.41) is 19.3. The zero-order chi connectivity index (χ0) is 22.7. The SMILES string of the molecule is O=P1(NN=Cc2c(O)ccc3ccccc23)C=C(c2ccccc2)OC(c2ccccc2)=C1. The Labute approximate surface area is 191 Å². The summed E-state index contributed by atoms with van der Waals surface area (Å²) in [4.78, 5) is 0. The average Bonchev–Trinajstić information content (AvgIpc) is 2.86. The molecule has 0 radical (unpaired) electrons. The molecule has 0 unspecified atom stereocenters. The molecule has 33 heavy (non-hydrogen) atoms. The van der Waals surface area contributed by atoms with Gasteiger partial charge in [0.05, 0.1) is 6.21 Å². The van der Waals surface area contributed by atoms with Crippen molar-refractivity contribution in [2.75, 3.05) is 0 Å². The van der Waals surface area contributed by atoms with Crippen molar-refractivity contribution in [2.45, 2.75) is 0 Å². The first-order valence-electron chi connectivity index (χ1n) is 10.5. The van der Waals surface area contributed by atoms with E-state index in [9.17, 15) is 9.67 Å². The summed E-state index contributed by atoms with van der Waals surface area (Å²) in [5.41, 5.74) is 2.19. The first kappa shape index (κ1) is 20.8. The Kier molecular flexibility index (Phi) is 5.55. The maximum Gasteiger partial charge on any atom is 0.235 e. The lowest BCUT2D eigenvalue weighted by molar-refractivity contribution is 0.468. The van der Waals surface area contributed by atoms with Gasteiger partial charge < -0.3 is 9.84 Å². The first-order valence-corrected chi connectivity index (χ1v) is 12.3. The Balaban J connectivity index is 1.52. The molecule has 0 amide bonds. The maximum absolute atomic E-state index is 13.8. The Hall–Kier alpha value is -4.08. The molecule has 162 valence electrons. The van der Waals surface area contributed by atoms with Gasteiger partial charge in [0.1, 0.15) is 17.3 Å². The normalized spacial score (nSPS) is 15.0. The third kappa shape index (κ3) is 4.45. The topological polar surface area (TPSA) is 70.9 Å². The highest BCUT2D eigenvalue weighted by atomic mass is 31.2. The molecule has 0 saturated carbocycles. The third-order valence-corrected chi connectivity index (χ3v) is 6.97. The van der Waals surface area contributed by atoms with Crippen molar-refractivity contribution in [1.82, 2.24) is 5.20 Å². The molecule has 4 aromatic carbocycles. The van der Waals surface area contributed by atoms with Crippen molar-refractivity contribution in [3.63, 3.8) is 0 Å². The molecular weight excluding hydrogens is 431 g/mol. The Morgan fingerprint density at radius 1 is 0.758 bits per heavy atom. The van der Waals surface area contributed by atoms with Gasteiger partial charge in [-0.2, -0.15) is 5.10 Å². The van der Waals surface area contributed by atoms with Crippen molar-refractivity contribution in [3.05, 3.63) is 125 Å². The number of nitrogens with zero attached hydrogens (tertiary/aromatic N) is 1. The molecule has 0 saturated heterocycles. The highest BCUT2D eigenvalue weighted by Crippen LogP contribution is 2.53. The minimum atomic E-state index is -3.25. The summed E-state index contributed by atoms with van der Waals surface area (Å²) < 4.78 is 19.9. The molecule has 1 aliphatic heterocycles. The molecule has 0 aromatic heterocycles. The Morgan fingerprint density at radius 2 is 1.33 bits per heavy atom. The van der Waals surface area contributed by atoms with Gasteiger partial charge in [0, 0.05) is 28.3 Å². The fourth-order valence-corrected chi connectivity index (χ4v) is 5.22. The number of phenolic OH excluding ortho intramolecular Hbond substituents is 1. The summed E-state index contributed by atoms with van der Waals surface area (Å²) >= 11 is 0. The lowest BCUT2D eigenvalue weighted by atomic mass is 10.0. The zero-order valence-electron chi connectivity index (χ0n) is 17.6. The van der Waals surface area contributed by atoms with Crippen LogP contribution in [0, 0.1) is 0 Å². The van der Waals surface area contributed by atoms with Crippen molar-refractivity contribution in [3.8, 4) is 5.75 Å². The first-order chi connectivity index (χ1) is 16.1. The van der Waals surface area contributed by atoms with Crippen molar-refractivity contribution in [2.24, 2.45) is 5.10 Å². The van der Waals surface area contributed by atoms with E-state index in [-0.39, 0.29) is 5.75 Å². The molecule has 1 aliphatic rings. The largest absolute Gasteiger partial charge is 0.507 e. The predicted octanol–water partition coefficient (Wildman–Crippen LogP) is 6.77. The van der Waals surface area contributed by atoms with Gasteiger partial charge in [0.15, 0.2) is 0 Å². The number of benzene rings is 4. The van der Waals surface area contributed by atoms with Gasteiger partial charge in [-0.1, -0.05) is 91.0 Å². The molecule has 1 heterocycles. The van der Waals surface area contributed by atoms with Crippen LogP contribution < -0.4 is 5.20 Å². The van der Waals surface area contributed by atoms with Crippen LogP contribution in [0.25, 0.3) is 22.3 Å². The fourth-order valence-electron chi connectivity index (χ4n) is 3.69. The van der Waals surface area contributed by atoms with Crippen LogP contribution >= 0.6 is 7.29 Å². The number of aromatic hydroxyl groups is 1. The van der Waals surface area contributed by atoms with Gasteiger partial charge in [0.25, 0.3) is 0 Å². The molecule has 0 fully saturated rings. The monoisotopic (exact) mass is 452 g/mol. The third-order valence-electron chi connectivity index (χ3n) is 5.31. The fraction of sp³-hybridized carbons (Fsp3) is 0. The lowest BCUT2D eigenvalue weighted by Crippen LogP contribution is -2.06. The number of rotatable bonds is 5. The molecule has 0 bridgehead atoms. The second-order valence-electron chi connectivity index (χ2n) is 7.61. The van der Waals surface area contributed by atoms with Crippen LogP contribution in [0.4, 0.5) is 0 Å². The summed E-state index contributed by atoms with van der Waals surface area (Å²) in [6.45, 7) is 0. The van der Waals surface area contributed by atoms with Gasteiger partial charge in [-0.15, -0.1) is 0 Å². The molecular formula is C27H21N2O3P. The predicted molar refractivity (Wildman–Crippen MR) is 134 cm³/mol. The molecule has 4 aromatic rings. The zero-order valence-corrected chi connectivity index (χ0v) is 18.5. The second-order valence-corrected chi connectivity index (χ2v) is 9.74. The van der Waals surface area contributed by atoms with Crippen LogP contribution in [0.1, 0.15) is 16.7 Å². The van der Waals surface area contributed by atoms with Gasteiger partial charge >= 0.3 is 0 Å². The van der Waals surface area contributed by atoms with Crippen LogP contribution in [-0.2, 0) is 9.30 Å². The average molecular weight is 452 g/mol.